The zero-order valence-electron chi connectivity index (χ0n) is 12.7. The molecule has 2 rings (SSSR count). The summed E-state index contributed by atoms with van der Waals surface area (Å²) in [5.41, 5.74) is 3.68. The minimum atomic E-state index is -0.268. The average Bonchev–Trinajstić information content (AvgIpc) is 2.96. The molecule has 2 N–H and O–H groups in total. The number of amides is 1. The van der Waals surface area contributed by atoms with Crippen LogP contribution in [-0.2, 0) is 0 Å². The first kappa shape index (κ1) is 16.6. The minimum Gasteiger partial charge on any atom is -0.395 e. The van der Waals surface area contributed by atoms with Crippen molar-refractivity contribution in [1.29, 1.82) is 0 Å². The molecule has 0 saturated carbocycles. The molecule has 0 atom stereocenters. The minimum absolute atomic E-state index is 0.139. The van der Waals surface area contributed by atoms with Crippen LogP contribution in [0.3, 0.4) is 0 Å². The van der Waals surface area contributed by atoms with Gasteiger partial charge in [-0.25, -0.2) is 4.98 Å². The van der Waals surface area contributed by atoms with Crippen LogP contribution in [0.25, 0.3) is 10.6 Å². The quantitative estimate of drug-likeness (QED) is 0.852. The van der Waals surface area contributed by atoms with Gasteiger partial charge in [0.1, 0.15) is 10.7 Å². The lowest BCUT2D eigenvalue weighted by Crippen LogP contribution is -2.36. The average molecular weight is 320 g/mol. The second-order valence-electron chi connectivity index (χ2n) is 5.10. The molecular weight excluding hydrogens is 300 g/mol. The monoisotopic (exact) mass is 320 g/mol. The van der Waals surface area contributed by atoms with Gasteiger partial charge in [-0.2, -0.15) is 0 Å². The number of aromatic nitrogens is 1. The van der Waals surface area contributed by atoms with Crippen molar-refractivity contribution in [3.8, 4) is 10.6 Å². The summed E-state index contributed by atoms with van der Waals surface area (Å²) in [5, 5.41) is 20.5. The van der Waals surface area contributed by atoms with Crippen LogP contribution in [0.1, 0.15) is 21.6 Å². The van der Waals surface area contributed by atoms with Crippen molar-refractivity contribution in [1.82, 2.24) is 9.88 Å². The first-order chi connectivity index (χ1) is 10.6. The summed E-state index contributed by atoms with van der Waals surface area (Å²) in [6.07, 6.45) is 0. The molecule has 0 aliphatic carbocycles. The number of carbonyl (C=O) groups excluding carboxylic acids is 1. The Bertz CT molecular complexity index is 649. The Labute approximate surface area is 133 Å². The SMILES string of the molecule is Cc1ccc(-c2nc(C(=O)N(CCO)CCO)cs2)c(C)c1. The van der Waals surface area contributed by atoms with Gasteiger partial charge in [-0.15, -0.1) is 11.3 Å². The van der Waals surface area contributed by atoms with Crippen LogP contribution >= 0.6 is 11.3 Å². The first-order valence-corrected chi connectivity index (χ1v) is 7.99. The molecule has 2 aromatic rings. The highest BCUT2D eigenvalue weighted by atomic mass is 32.1. The Kier molecular flexibility index (Phi) is 5.65. The number of benzene rings is 1. The molecule has 6 heteroatoms. The van der Waals surface area contributed by atoms with E-state index in [1.54, 1.807) is 5.38 Å². The predicted molar refractivity (Wildman–Crippen MR) is 87.1 cm³/mol. The molecule has 0 aliphatic heterocycles. The zero-order chi connectivity index (χ0) is 16.1. The van der Waals surface area contributed by atoms with E-state index < -0.39 is 0 Å². The van der Waals surface area contributed by atoms with E-state index in [1.165, 1.54) is 21.8 Å². The highest BCUT2D eigenvalue weighted by Crippen LogP contribution is 2.27. The topological polar surface area (TPSA) is 73.7 Å². The van der Waals surface area contributed by atoms with E-state index in [4.69, 9.17) is 10.2 Å². The van der Waals surface area contributed by atoms with Crippen molar-refractivity contribution in [3.05, 3.63) is 40.4 Å². The van der Waals surface area contributed by atoms with Gasteiger partial charge in [0.2, 0.25) is 0 Å². The van der Waals surface area contributed by atoms with Gasteiger partial charge in [-0.1, -0.05) is 23.8 Å². The van der Waals surface area contributed by atoms with Crippen molar-refractivity contribution in [2.75, 3.05) is 26.3 Å². The van der Waals surface area contributed by atoms with Crippen molar-refractivity contribution in [3.63, 3.8) is 0 Å². The van der Waals surface area contributed by atoms with Gasteiger partial charge in [-0.3, -0.25) is 4.79 Å². The van der Waals surface area contributed by atoms with Crippen LogP contribution in [0.5, 0.6) is 0 Å². The van der Waals surface area contributed by atoms with Crippen molar-refractivity contribution in [2.24, 2.45) is 0 Å². The van der Waals surface area contributed by atoms with Gasteiger partial charge in [-0.05, 0) is 19.4 Å². The van der Waals surface area contributed by atoms with Gasteiger partial charge in [0.25, 0.3) is 5.91 Å². The maximum Gasteiger partial charge on any atom is 0.273 e. The van der Waals surface area contributed by atoms with E-state index in [0.29, 0.717) is 5.69 Å². The normalized spacial score (nSPS) is 10.7. The maximum absolute atomic E-state index is 12.4. The fraction of sp³-hybridized carbons (Fsp3) is 0.375. The fourth-order valence-electron chi connectivity index (χ4n) is 2.27. The lowest BCUT2D eigenvalue weighted by atomic mass is 10.1. The number of nitrogens with zero attached hydrogens (tertiary/aromatic N) is 2. The molecule has 1 aromatic heterocycles. The molecule has 1 amide bonds. The summed E-state index contributed by atoms with van der Waals surface area (Å²) >= 11 is 1.42. The third-order valence-corrected chi connectivity index (χ3v) is 4.24. The van der Waals surface area contributed by atoms with Gasteiger partial charge >= 0.3 is 0 Å². The summed E-state index contributed by atoms with van der Waals surface area (Å²) in [6.45, 7) is 4.16. The zero-order valence-corrected chi connectivity index (χ0v) is 13.6. The largest absolute Gasteiger partial charge is 0.395 e. The van der Waals surface area contributed by atoms with E-state index in [-0.39, 0.29) is 32.2 Å². The Morgan fingerprint density at radius 3 is 2.50 bits per heavy atom. The Balaban J connectivity index is 2.25. The lowest BCUT2D eigenvalue weighted by molar-refractivity contribution is 0.0680. The Hall–Kier alpha value is -1.76. The summed E-state index contributed by atoms with van der Waals surface area (Å²) < 4.78 is 0. The summed E-state index contributed by atoms with van der Waals surface area (Å²) in [7, 11) is 0. The number of rotatable bonds is 6. The molecule has 0 unspecified atom stereocenters. The number of hydrogen-bond acceptors (Lipinski definition) is 5. The van der Waals surface area contributed by atoms with Crippen LogP contribution in [0.15, 0.2) is 23.6 Å². The highest BCUT2D eigenvalue weighted by Gasteiger charge is 2.18. The molecule has 1 heterocycles. The van der Waals surface area contributed by atoms with Crippen LogP contribution < -0.4 is 0 Å². The molecule has 118 valence electrons. The van der Waals surface area contributed by atoms with E-state index in [0.717, 1.165) is 16.1 Å². The molecule has 0 spiro atoms. The number of aryl methyl sites for hydroxylation is 2. The van der Waals surface area contributed by atoms with Crippen LogP contribution in [0, 0.1) is 13.8 Å². The molecule has 22 heavy (non-hydrogen) atoms. The summed E-state index contributed by atoms with van der Waals surface area (Å²) in [6, 6.07) is 6.12. The van der Waals surface area contributed by atoms with Crippen molar-refractivity contribution < 1.29 is 15.0 Å². The molecular formula is C16H20N2O3S. The van der Waals surface area contributed by atoms with Gasteiger partial charge in [0.05, 0.1) is 13.2 Å². The van der Waals surface area contributed by atoms with Crippen LogP contribution in [0.2, 0.25) is 0 Å². The van der Waals surface area contributed by atoms with Crippen molar-refractivity contribution in [2.45, 2.75) is 13.8 Å². The third-order valence-electron chi connectivity index (χ3n) is 3.36. The first-order valence-electron chi connectivity index (χ1n) is 7.11. The van der Waals surface area contributed by atoms with E-state index >= 15 is 0 Å². The Morgan fingerprint density at radius 2 is 1.91 bits per heavy atom. The highest BCUT2D eigenvalue weighted by molar-refractivity contribution is 7.13. The van der Waals surface area contributed by atoms with Gasteiger partial charge in [0.15, 0.2) is 0 Å². The molecule has 0 bridgehead atoms. The molecule has 0 aliphatic rings. The van der Waals surface area contributed by atoms with Gasteiger partial charge < -0.3 is 15.1 Å². The standard InChI is InChI=1S/C16H20N2O3S/c1-11-3-4-13(12(2)9-11)15-17-14(10-22-15)16(21)18(5-7-19)6-8-20/h3-4,9-10,19-20H,5-8H2,1-2H3. The number of aliphatic hydroxyl groups is 2. The second-order valence-corrected chi connectivity index (χ2v) is 5.95. The molecule has 0 saturated heterocycles. The van der Waals surface area contributed by atoms with Crippen molar-refractivity contribution >= 4 is 17.2 Å². The molecule has 0 radical (unpaired) electrons. The van der Waals surface area contributed by atoms with Crippen LogP contribution in [0.4, 0.5) is 0 Å². The molecule has 0 fully saturated rings. The Morgan fingerprint density at radius 1 is 1.23 bits per heavy atom. The number of carbonyl (C=O) groups is 1. The predicted octanol–water partition coefficient (Wildman–Crippen LogP) is 1.85. The number of hydrogen-bond donors (Lipinski definition) is 2. The third kappa shape index (κ3) is 3.71. The number of thiazole rings is 1. The number of aliphatic hydroxyl groups excluding tert-OH is 2. The molecule has 5 nitrogen and oxygen atoms in total. The molecule has 1 aromatic carbocycles. The van der Waals surface area contributed by atoms with E-state index in [1.807, 2.05) is 26.0 Å². The lowest BCUT2D eigenvalue weighted by Gasteiger charge is -2.19. The summed E-state index contributed by atoms with van der Waals surface area (Å²) in [4.78, 5) is 18.2. The van der Waals surface area contributed by atoms with Crippen LogP contribution in [-0.4, -0.2) is 52.3 Å². The smallest absolute Gasteiger partial charge is 0.273 e. The fourth-order valence-corrected chi connectivity index (χ4v) is 3.15. The summed E-state index contributed by atoms with van der Waals surface area (Å²) in [5.74, 6) is -0.268. The van der Waals surface area contributed by atoms with E-state index in [9.17, 15) is 4.79 Å². The van der Waals surface area contributed by atoms with E-state index in [2.05, 4.69) is 11.1 Å². The second kappa shape index (κ2) is 7.49. The maximum atomic E-state index is 12.4. The van der Waals surface area contributed by atoms with Gasteiger partial charge in [0, 0.05) is 24.0 Å².